The fourth-order valence-corrected chi connectivity index (χ4v) is 3.09. The first-order valence-electron chi connectivity index (χ1n) is 9.76. The number of anilines is 2. The number of carbonyl (C=O) groups excluding carboxylic acids is 2. The normalized spacial score (nSPS) is 11.0. The second kappa shape index (κ2) is 9.96. The van der Waals surface area contributed by atoms with Gasteiger partial charge in [-0.15, -0.1) is 0 Å². The van der Waals surface area contributed by atoms with E-state index in [0.29, 0.717) is 16.3 Å². The van der Waals surface area contributed by atoms with E-state index in [4.69, 9.17) is 11.6 Å². The van der Waals surface area contributed by atoms with Gasteiger partial charge >= 0.3 is 0 Å². The van der Waals surface area contributed by atoms with Crippen molar-refractivity contribution >= 4 is 40.9 Å². The smallest absolute Gasteiger partial charge is 0.272 e. The van der Waals surface area contributed by atoms with E-state index in [-0.39, 0.29) is 5.70 Å². The lowest BCUT2D eigenvalue weighted by Crippen LogP contribution is -2.31. The van der Waals surface area contributed by atoms with Crippen molar-refractivity contribution in [2.45, 2.75) is 6.92 Å². The summed E-state index contributed by atoms with van der Waals surface area (Å²) < 4.78 is 0. The monoisotopic (exact) mass is 433 g/mol. The van der Waals surface area contributed by atoms with Crippen LogP contribution in [0.4, 0.5) is 11.4 Å². The average molecular weight is 434 g/mol. The number of halogens is 1. The summed E-state index contributed by atoms with van der Waals surface area (Å²) in [7, 11) is 3.91. The Balaban J connectivity index is 1.90. The molecule has 158 valence electrons. The van der Waals surface area contributed by atoms with Crippen molar-refractivity contribution in [3.8, 4) is 0 Å². The third-order valence-corrected chi connectivity index (χ3v) is 4.97. The fraction of sp³-hybridized carbons (Fsp3) is 0.120. The van der Waals surface area contributed by atoms with Crippen LogP contribution in [-0.4, -0.2) is 25.9 Å². The van der Waals surface area contributed by atoms with Gasteiger partial charge in [0.2, 0.25) is 0 Å². The Morgan fingerprint density at radius 3 is 2.16 bits per heavy atom. The van der Waals surface area contributed by atoms with Gasteiger partial charge in [-0.2, -0.15) is 0 Å². The highest BCUT2D eigenvalue weighted by molar-refractivity contribution is 6.34. The summed E-state index contributed by atoms with van der Waals surface area (Å²) in [6, 6.07) is 21.8. The number of carbonyl (C=O) groups is 2. The minimum Gasteiger partial charge on any atom is -0.378 e. The molecule has 2 N–H and O–H groups in total. The number of rotatable bonds is 6. The van der Waals surface area contributed by atoms with Crippen LogP contribution >= 0.6 is 11.6 Å². The third-order valence-electron chi connectivity index (χ3n) is 4.64. The molecule has 0 aliphatic carbocycles. The van der Waals surface area contributed by atoms with Crippen molar-refractivity contribution in [1.29, 1.82) is 0 Å². The highest BCUT2D eigenvalue weighted by atomic mass is 35.5. The fourth-order valence-electron chi connectivity index (χ4n) is 2.86. The van der Waals surface area contributed by atoms with Crippen LogP contribution < -0.4 is 15.5 Å². The standard InChI is InChI=1S/C25H24ClN3O2/c1-17-8-12-19(13-9-17)27-25(31)23(16-18-10-14-20(15-11-18)29(2)3)28-24(30)21-6-4-5-7-22(21)26/h4-16H,1-3H3,(H,27,31)(H,28,30)/b23-16-. The molecule has 0 bridgehead atoms. The van der Waals surface area contributed by atoms with Crippen molar-refractivity contribution in [3.63, 3.8) is 0 Å². The zero-order valence-corrected chi connectivity index (χ0v) is 18.4. The van der Waals surface area contributed by atoms with E-state index in [1.54, 1.807) is 30.3 Å². The van der Waals surface area contributed by atoms with Gasteiger partial charge in [-0.25, -0.2) is 0 Å². The molecule has 6 heteroatoms. The first kappa shape index (κ1) is 22.1. The number of hydrogen-bond acceptors (Lipinski definition) is 3. The molecule has 0 saturated carbocycles. The van der Waals surface area contributed by atoms with E-state index < -0.39 is 11.8 Å². The average Bonchev–Trinajstić information content (AvgIpc) is 2.75. The molecular weight excluding hydrogens is 410 g/mol. The molecule has 3 aromatic rings. The summed E-state index contributed by atoms with van der Waals surface area (Å²) >= 11 is 6.15. The number of amides is 2. The highest BCUT2D eigenvalue weighted by Crippen LogP contribution is 2.18. The molecule has 3 rings (SSSR count). The second-order valence-corrected chi connectivity index (χ2v) is 7.71. The maximum Gasteiger partial charge on any atom is 0.272 e. The first-order chi connectivity index (χ1) is 14.8. The molecule has 0 atom stereocenters. The molecular formula is C25H24ClN3O2. The minimum atomic E-state index is -0.458. The Morgan fingerprint density at radius 2 is 1.55 bits per heavy atom. The molecule has 0 aromatic heterocycles. The molecule has 0 spiro atoms. The molecule has 2 amide bonds. The maximum atomic E-state index is 13.0. The van der Waals surface area contributed by atoms with E-state index in [0.717, 1.165) is 16.8 Å². The predicted molar refractivity (Wildman–Crippen MR) is 127 cm³/mol. The van der Waals surface area contributed by atoms with E-state index in [9.17, 15) is 9.59 Å². The van der Waals surface area contributed by atoms with Crippen molar-refractivity contribution < 1.29 is 9.59 Å². The predicted octanol–water partition coefficient (Wildman–Crippen LogP) is 5.12. The van der Waals surface area contributed by atoms with Gasteiger partial charge in [0, 0.05) is 25.5 Å². The third kappa shape index (κ3) is 5.96. The quantitative estimate of drug-likeness (QED) is 0.530. The number of nitrogens with zero attached hydrogens (tertiary/aromatic N) is 1. The van der Waals surface area contributed by atoms with Gasteiger partial charge in [0.05, 0.1) is 10.6 Å². The number of nitrogens with one attached hydrogen (secondary N) is 2. The largest absolute Gasteiger partial charge is 0.378 e. The van der Waals surface area contributed by atoms with Gasteiger partial charge < -0.3 is 15.5 Å². The van der Waals surface area contributed by atoms with Gasteiger partial charge in [0.15, 0.2) is 0 Å². The molecule has 0 fully saturated rings. The van der Waals surface area contributed by atoms with Crippen LogP contribution in [0.1, 0.15) is 21.5 Å². The van der Waals surface area contributed by atoms with Crippen LogP contribution in [0.15, 0.2) is 78.5 Å². The lowest BCUT2D eigenvalue weighted by molar-refractivity contribution is -0.113. The Labute approximate surface area is 187 Å². The summed E-state index contributed by atoms with van der Waals surface area (Å²) in [6.45, 7) is 1.97. The molecule has 0 saturated heterocycles. The van der Waals surface area contributed by atoms with Gasteiger partial charge in [-0.05, 0) is 55.0 Å². The zero-order chi connectivity index (χ0) is 22.4. The molecule has 3 aromatic carbocycles. The van der Waals surface area contributed by atoms with E-state index >= 15 is 0 Å². The zero-order valence-electron chi connectivity index (χ0n) is 17.6. The number of aryl methyl sites for hydroxylation is 1. The van der Waals surface area contributed by atoms with Crippen LogP contribution in [-0.2, 0) is 4.79 Å². The Morgan fingerprint density at radius 1 is 0.903 bits per heavy atom. The minimum absolute atomic E-state index is 0.114. The van der Waals surface area contributed by atoms with Crippen LogP contribution in [0.5, 0.6) is 0 Å². The van der Waals surface area contributed by atoms with Gasteiger partial charge in [-0.3, -0.25) is 9.59 Å². The highest BCUT2D eigenvalue weighted by Gasteiger charge is 2.17. The SMILES string of the molecule is Cc1ccc(NC(=O)/C(=C/c2ccc(N(C)C)cc2)NC(=O)c2ccccc2Cl)cc1. The summed E-state index contributed by atoms with van der Waals surface area (Å²) in [6.07, 6.45) is 1.64. The van der Waals surface area contributed by atoms with Gasteiger partial charge in [0.25, 0.3) is 11.8 Å². The second-order valence-electron chi connectivity index (χ2n) is 7.30. The van der Waals surface area contributed by atoms with Crippen molar-refractivity contribution in [3.05, 3.63) is 100 Å². The lowest BCUT2D eigenvalue weighted by Gasteiger charge is -2.14. The van der Waals surface area contributed by atoms with Crippen LogP contribution in [0.2, 0.25) is 5.02 Å². The van der Waals surface area contributed by atoms with Crippen molar-refractivity contribution in [2.75, 3.05) is 24.3 Å². The summed E-state index contributed by atoms with van der Waals surface area (Å²) in [5.74, 6) is -0.887. The van der Waals surface area contributed by atoms with Crippen LogP contribution in [0, 0.1) is 6.92 Å². The van der Waals surface area contributed by atoms with Crippen LogP contribution in [0.3, 0.4) is 0 Å². The molecule has 0 aliphatic rings. The molecule has 0 radical (unpaired) electrons. The topological polar surface area (TPSA) is 61.4 Å². The Bertz CT molecular complexity index is 1100. The molecule has 0 unspecified atom stereocenters. The summed E-state index contributed by atoms with van der Waals surface area (Å²) in [5.41, 5.74) is 3.93. The summed E-state index contributed by atoms with van der Waals surface area (Å²) in [4.78, 5) is 27.8. The summed E-state index contributed by atoms with van der Waals surface area (Å²) in [5, 5.41) is 5.85. The maximum absolute atomic E-state index is 13.0. The van der Waals surface area contributed by atoms with E-state index in [1.165, 1.54) is 0 Å². The Hall–Kier alpha value is -3.57. The van der Waals surface area contributed by atoms with Gasteiger partial charge in [-0.1, -0.05) is 53.6 Å². The Kier molecular flexibility index (Phi) is 7.11. The van der Waals surface area contributed by atoms with Crippen molar-refractivity contribution in [2.24, 2.45) is 0 Å². The molecule has 5 nitrogen and oxygen atoms in total. The molecule has 0 heterocycles. The first-order valence-corrected chi connectivity index (χ1v) is 10.1. The number of benzene rings is 3. The van der Waals surface area contributed by atoms with E-state index in [1.807, 2.05) is 74.4 Å². The lowest BCUT2D eigenvalue weighted by atomic mass is 10.1. The van der Waals surface area contributed by atoms with E-state index in [2.05, 4.69) is 10.6 Å². The van der Waals surface area contributed by atoms with Gasteiger partial charge in [0.1, 0.15) is 5.70 Å². The molecule has 31 heavy (non-hydrogen) atoms. The molecule has 0 aliphatic heterocycles. The van der Waals surface area contributed by atoms with Crippen molar-refractivity contribution in [1.82, 2.24) is 5.32 Å². The van der Waals surface area contributed by atoms with Crippen LogP contribution in [0.25, 0.3) is 6.08 Å². The number of hydrogen-bond donors (Lipinski definition) is 2.